The standard InChI is InChI=1S/C22H42O2/c1-2-3-4-5-6-7-8-9-10-11-12-13-14-17-22(23)24-20-15-16-21-18-19-21/h21H,2-20H2,1H3. The molecule has 1 saturated carbocycles. The highest BCUT2D eigenvalue weighted by molar-refractivity contribution is 5.69. The number of carbonyl (C=O) groups excluding carboxylic acids is 1. The normalized spacial score (nSPS) is 14.0. The number of rotatable bonds is 18. The van der Waals surface area contributed by atoms with E-state index in [0.717, 1.165) is 18.8 Å². The Morgan fingerprint density at radius 1 is 0.750 bits per heavy atom. The van der Waals surface area contributed by atoms with Crippen LogP contribution in [0.1, 0.15) is 122 Å². The largest absolute Gasteiger partial charge is 0.466 e. The molecule has 24 heavy (non-hydrogen) atoms. The summed E-state index contributed by atoms with van der Waals surface area (Å²) in [5.74, 6) is 0.971. The number of unbranched alkanes of at least 4 members (excludes halogenated alkanes) is 12. The van der Waals surface area contributed by atoms with Gasteiger partial charge in [0.2, 0.25) is 0 Å². The predicted octanol–water partition coefficient (Wildman–Crippen LogP) is 7.20. The molecule has 0 aromatic rings. The summed E-state index contributed by atoms with van der Waals surface area (Å²) >= 11 is 0. The molecule has 0 unspecified atom stereocenters. The number of hydrogen-bond donors (Lipinski definition) is 0. The van der Waals surface area contributed by atoms with E-state index in [9.17, 15) is 4.79 Å². The van der Waals surface area contributed by atoms with E-state index >= 15 is 0 Å². The molecular formula is C22H42O2. The maximum atomic E-state index is 11.6. The van der Waals surface area contributed by atoms with Crippen molar-refractivity contribution < 1.29 is 9.53 Å². The van der Waals surface area contributed by atoms with Crippen LogP contribution in [0.2, 0.25) is 0 Å². The van der Waals surface area contributed by atoms with E-state index in [-0.39, 0.29) is 5.97 Å². The molecule has 0 bridgehead atoms. The van der Waals surface area contributed by atoms with Crippen LogP contribution >= 0.6 is 0 Å². The minimum absolute atomic E-state index is 0.0221. The molecule has 0 N–H and O–H groups in total. The smallest absolute Gasteiger partial charge is 0.305 e. The average Bonchev–Trinajstić information content (AvgIpc) is 3.40. The van der Waals surface area contributed by atoms with Crippen LogP contribution in [0.5, 0.6) is 0 Å². The van der Waals surface area contributed by atoms with E-state index in [0.29, 0.717) is 13.0 Å². The lowest BCUT2D eigenvalue weighted by Gasteiger charge is -2.05. The van der Waals surface area contributed by atoms with E-state index in [4.69, 9.17) is 4.74 Å². The second-order valence-corrected chi connectivity index (χ2v) is 7.80. The molecule has 0 saturated heterocycles. The van der Waals surface area contributed by atoms with Gasteiger partial charge in [0.05, 0.1) is 6.61 Å². The lowest BCUT2D eigenvalue weighted by molar-refractivity contribution is -0.143. The first-order valence-corrected chi connectivity index (χ1v) is 11.0. The van der Waals surface area contributed by atoms with E-state index < -0.39 is 0 Å². The Bertz CT molecular complexity index is 284. The van der Waals surface area contributed by atoms with Gasteiger partial charge in [0.25, 0.3) is 0 Å². The Kier molecular flexibility index (Phi) is 14.3. The molecule has 1 aliphatic rings. The SMILES string of the molecule is CCCCCCCCCCCCCCCC(=O)OCCCC1CC1. The summed E-state index contributed by atoms with van der Waals surface area (Å²) in [5, 5.41) is 0. The monoisotopic (exact) mass is 338 g/mol. The van der Waals surface area contributed by atoms with Crippen molar-refractivity contribution in [2.24, 2.45) is 5.92 Å². The van der Waals surface area contributed by atoms with Gasteiger partial charge in [-0.3, -0.25) is 4.79 Å². The first kappa shape index (κ1) is 21.5. The van der Waals surface area contributed by atoms with Gasteiger partial charge in [-0.1, -0.05) is 96.8 Å². The fourth-order valence-electron chi connectivity index (χ4n) is 3.32. The highest BCUT2D eigenvalue weighted by atomic mass is 16.5. The lowest BCUT2D eigenvalue weighted by Crippen LogP contribution is -2.05. The number of carbonyl (C=O) groups is 1. The second kappa shape index (κ2) is 16.0. The highest BCUT2D eigenvalue weighted by Crippen LogP contribution is 2.33. The molecule has 0 aromatic carbocycles. The summed E-state index contributed by atoms with van der Waals surface area (Å²) in [5.41, 5.74) is 0. The zero-order valence-corrected chi connectivity index (χ0v) is 16.3. The van der Waals surface area contributed by atoms with Crippen molar-refractivity contribution >= 4 is 5.97 Å². The second-order valence-electron chi connectivity index (χ2n) is 7.80. The van der Waals surface area contributed by atoms with Crippen LogP contribution in [0.15, 0.2) is 0 Å². The summed E-state index contributed by atoms with van der Waals surface area (Å²) in [4.78, 5) is 11.6. The Morgan fingerprint density at radius 3 is 1.75 bits per heavy atom. The molecular weight excluding hydrogens is 296 g/mol. The Hall–Kier alpha value is -0.530. The summed E-state index contributed by atoms with van der Waals surface area (Å²) in [6, 6.07) is 0. The van der Waals surface area contributed by atoms with Crippen LogP contribution in [-0.2, 0) is 9.53 Å². The zero-order chi connectivity index (χ0) is 17.3. The Labute approximate surface area is 151 Å². The first-order valence-electron chi connectivity index (χ1n) is 11.0. The molecule has 0 radical (unpaired) electrons. The van der Waals surface area contributed by atoms with E-state index in [1.54, 1.807) is 0 Å². The number of ether oxygens (including phenoxy) is 1. The molecule has 0 aromatic heterocycles. The van der Waals surface area contributed by atoms with Crippen LogP contribution < -0.4 is 0 Å². The van der Waals surface area contributed by atoms with Crippen molar-refractivity contribution in [1.82, 2.24) is 0 Å². The van der Waals surface area contributed by atoms with Gasteiger partial charge in [-0.15, -0.1) is 0 Å². The lowest BCUT2D eigenvalue weighted by atomic mass is 10.0. The Balaban J connectivity index is 1.68. The van der Waals surface area contributed by atoms with Gasteiger partial charge in [0.15, 0.2) is 0 Å². The van der Waals surface area contributed by atoms with Gasteiger partial charge in [0, 0.05) is 6.42 Å². The van der Waals surface area contributed by atoms with Crippen molar-refractivity contribution in [3.63, 3.8) is 0 Å². The molecule has 0 aliphatic heterocycles. The predicted molar refractivity (Wildman–Crippen MR) is 103 cm³/mol. The fraction of sp³-hybridized carbons (Fsp3) is 0.955. The third-order valence-corrected chi connectivity index (χ3v) is 5.20. The van der Waals surface area contributed by atoms with E-state index in [1.807, 2.05) is 0 Å². The van der Waals surface area contributed by atoms with Gasteiger partial charge in [-0.2, -0.15) is 0 Å². The summed E-state index contributed by atoms with van der Waals surface area (Å²) < 4.78 is 5.29. The van der Waals surface area contributed by atoms with Crippen LogP contribution in [0.4, 0.5) is 0 Å². The average molecular weight is 339 g/mol. The van der Waals surface area contributed by atoms with Crippen LogP contribution in [-0.4, -0.2) is 12.6 Å². The maximum Gasteiger partial charge on any atom is 0.305 e. The van der Waals surface area contributed by atoms with Gasteiger partial charge in [-0.25, -0.2) is 0 Å². The molecule has 0 spiro atoms. The highest BCUT2D eigenvalue weighted by Gasteiger charge is 2.20. The van der Waals surface area contributed by atoms with E-state index in [2.05, 4.69) is 6.92 Å². The minimum atomic E-state index is 0.0221. The van der Waals surface area contributed by atoms with Crippen LogP contribution in [0, 0.1) is 5.92 Å². The van der Waals surface area contributed by atoms with E-state index in [1.165, 1.54) is 96.3 Å². The quantitative estimate of drug-likeness (QED) is 0.195. The molecule has 1 aliphatic carbocycles. The van der Waals surface area contributed by atoms with Gasteiger partial charge in [0.1, 0.15) is 0 Å². The van der Waals surface area contributed by atoms with Crippen molar-refractivity contribution in [2.75, 3.05) is 6.61 Å². The van der Waals surface area contributed by atoms with Crippen LogP contribution in [0.3, 0.4) is 0 Å². The van der Waals surface area contributed by atoms with Crippen molar-refractivity contribution in [1.29, 1.82) is 0 Å². The third-order valence-electron chi connectivity index (χ3n) is 5.20. The third kappa shape index (κ3) is 15.0. The number of hydrogen-bond acceptors (Lipinski definition) is 2. The van der Waals surface area contributed by atoms with Gasteiger partial charge >= 0.3 is 5.97 Å². The van der Waals surface area contributed by atoms with Crippen molar-refractivity contribution in [3.05, 3.63) is 0 Å². The topological polar surface area (TPSA) is 26.3 Å². The Morgan fingerprint density at radius 2 is 1.25 bits per heavy atom. The van der Waals surface area contributed by atoms with Crippen LogP contribution in [0.25, 0.3) is 0 Å². The summed E-state index contributed by atoms with van der Waals surface area (Å²) in [6.07, 6.45) is 23.2. The summed E-state index contributed by atoms with van der Waals surface area (Å²) in [7, 11) is 0. The summed E-state index contributed by atoms with van der Waals surface area (Å²) in [6.45, 7) is 2.92. The molecule has 2 nitrogen and oxygen atoms in total. The first-order chi connectivity index (χ1) is 11.8. The maximum absolute atomic E-state index is 11.6. The molecule has 0 heterocycles. The molecule has 142 valence electrons. The fourth-order valence-corrected chi connectivity index (χ4v) is 3.32. The molecule has 2 heteroatoms. The minimum Gasteiger partial charge on any atom is -0.466 e. The van der Waals surface area contributed by atoms with Crippen molar-refractivity contribution in [2.45, 2.75) is 122 Å². The molecule has 0 atom stereocenters. The molecule has 1 rings (SSSR count). The zero-order valence-electron chi connectivity index (χ0n) is 16.3. The molecule has 1 fully saturated rings. The van der Waals surface area contributed by atoms with Gasteiger partial charge in [-0.05, 0) is 25.2 Å². The number of esters is 1. The van der Waals surface area contributed by atoms with Gasteiger partial charge < -0.3 is 4.74 Å². The molecule has 0 amide bonds. The van der Waals surface area contributed by atoms with Crippen molar-refractivity contribution in [3.8, 4) is 0 Å².